The second kappa shape index (κ2) is 19.4. The molecule has 0 aliphatic heterocycles. The van der Waals surface area contributed by atoms with Crippen LogP contribution in [0.3, 0.4) is 0 Å². The average Bonchev–Trinajstić information content (AvgIpc) is 1.60. The van der Waals surface area contributed by atoms with Gasteiger partial charge in [0, 0.05) is 49.4 Å². The molecule has 0 aliphatic rings. The van der Waals surface area contributed by atoms with Crippen LogP contribution < -0.4 is 20.7 Å². The Morgan fingerprint density at radius 3 is 1.24 bits per heavy atom. The van der Waals surface area contributed by atoms with Crippen molar-refractivity contribution in [3.63, 3.8) is 0 Å². The van der Waals surface area contributed by atoms with E-state index in [0.717, 1.165) is 82.8 Å². The van der Waals surface area contributed by atoms with Crippen molar-refractivity contribution in [3.05, 3.63) is 321 Å². The van der Waals surface area contributed by atoms with Crippen LogP contribution in [0, 0.1) is 0 Å². The summed E-state index contributed by atoms with van der Waals surface area (Å²) in [5.74, 6) is 0. The molecular weight excluding hydrogens is 1010 g/mol. The third-order valence-corrected chi connectivity index (χ3v) is 21.4. The molecule has 82 heavy (non-hydrogen) atoms. The molecule has 0 amide bonds. The van der Waals surface area contributed by atoms with Crippen molar-refractivity contribution in [2.24, 2.45) is 0 Å². The summed E-state index contributed by atoms with van der Waals surface area (Å²) in [5, 5.41) is 9.39. The number of nitrogens with zero attached hydrogens (tertiary/aromatic N) is 3. The molecule has 0 saturated carbocycles. The van der Waals surface area contributed by atoms with Gasteiger partial charge in [-0.1, -0.05) is 255 Å². The third kappa shape index (κ3) is 7.57. The van der Waals surface area contributed by atoms with Gasteiger partial charge in [0.2, 0.25) is 0 Å². The molecule has 0 spiro atoms. The third-order valence-electron chi connectivity index (χ3n) is 16.6. The Hall–Kier alpha value is -10.5. The fourth-order valence-electron chi connectivity index (χ4n) is 13.0. The minimum Gasteiger partial charge on any atom is -0.309 e. The number of rotatable bonds is 10. The van der Waals surface area contributed by atoms with Gasteiger partial charge in [-0.2, -0.15) is 0 Å². The molecular formula is C78H53N3Si. The lowest BCUT2D eigenvalue weighted by molar-refractivity contribution is 1.13. The summed E-state index contributed by atoms with van der Waals surface area (Å²) in [5.41, 5.74) is 12.4. The van der Waals surface area contributed by atoms with Crippen molar-refractivity contribution < 1.29 is 11.0 Å². The summed E-state index contributed by atoms with van der Waals surface area (Å²) in [6.45, 7) is 0. The Morgan fingerprint density at radius 1 is 0.220 bits per heavy atom. The Balaban J connectivity index is 0.968. The van der Waals surface area contributed by atoms with Crippen LogP contribution in [-0.4, -0.2) is 21.8 Å². The van der Waals surface area contributed by atoms with Crippen molar-refractivity contribution in [2.75, 3.05) is 0 Å². The topological polar surface area (TPSA) is 14.8 Å². The maximum atomic E-state index is 9.45. The van der Waals surface area contributed by atoms with E-state index in [1.54, 1.807) is 4.57 Å². The fourth-order valence-corrected chi connectivity index (χ4v) is 17.7. The molecule has 0 N–H and O–H groups in total. The number of aromatic nitrogens is 3. The van der Waals surface area contributed by atoms with Crippen molar-refractivity contribution in [1.82, 2.24) is 13.7 Å². The Labute approximate surface area is 488 Å². The smallest absolute Gasteiger partial charge is 0.179 e. The van der Waals surface area contributed by atoms with Gasteiger partial charge in [-0.05, 0) is 121 Å². The average molecular weight is 1070 g/mol. The van der Waals surface area contributed by atoms with Crippen molar-refractivity contribution in [2.45, 2.75) is 0 Å². The number of hydrogen-bond donors (Lipinski definition) is 0. The highest BCUT2D eigenvalue weighted by atomic mass is 28.3. The molecule has 0 radical (unpaired) electrons. The molecule has 0 bridgehead atoms. The molecule has 16 aromatic rings. The predicted molar refractivity (Wildman–Crippen MR) is 349 cm³/mol. The second-order valence-corrected chi connectivity index (χ2v) is 24.8. The highest BCUT2D eigenvalue weighted by molar-refractivity contribution is 7.20. The first-order chi connectivity index (χ1) is 44.0. The minimum atomic E-state index is -3.07. The fraction of sp³-hybridized carbons (Fsp3) is 0. The van der Waals surface area contributed by atoms with E-state index < -0.39 is 32.2 Å². The summed E-state index contributed by atoms with van der Waals surface area (Å²) in [6.07, 6.45) is 0. The Bertz CT molecular complexity index is 5440. The normalized spacial score (nSPS) is 13.3. The molecule has 0 unspecified atom stereocenters. The van der Waals surface area contributed by atoms with Crippen LogP contribution in [0.1, 0.15) is 11.0 Å². The van der Waals surface area contributed by atoms with E-state index in [1.165, 1.54) is 26.3 Å². The lowest BCUT2D eigenvalue weighted by Gasteiger charge is -2.34. The molecule has 0 aliphatic carbocycles. The van der Waals surface area contributed by atoms with E-state index in [9.17, 15) is 5.48 Å². The molecule has 3 aromatic heterocycles. The second-order valence-electron chi connectivity index (χ2n) is 21.0. The first kappa shape index (κ1) is 39.8. The van der Waals surface area contributed by atoms with Gasteiger partial charge in [-0.25, -0.2) is 0 Å². The predicted octanol–water partition coefficient (Wildman–Crippen LogP) is 17.4. The van der Waals surface area contributed by atoms with Crippen molar-refractivity contribution in [3.8, 4) is 50.4 Å². The number of fused-ring (bicyclic) bond motifs is 9. The Morgan fingerprint density at radius 2 is 0.634 bits per heavy atom. The quantitative estimate of drug-likeness (QED) is 0.0958. The van der Waals surface area contributed by atoms with Crippen molar-refractivity contribution in [1.29, 1.82) is 0 Å². The van der Waals surface area contributed by atoms with Crippen LogP contribution in [-0.2, 0) is 0 Å². The van der Waals surface area contributed by atoms with Gasteiger partial charge >= 0.3 is 0 Å². The van der Waals surface area contributed by atoms with Crippen molar-refractivity contribution >= 4 is 94.2 Å². The summed E-state index contributed by atoms with van der Waals surface area (Å²) < 4.78 is 79.0. The zero-order valence-electron chi connectivity index (χ0n) is 52.3. The van der Waals surface area contributed by atoms with Gasteiger partial charge in [0.25, 0.3) is 0 Å². The summed E-state index contributed by atoms with van der Waals surface area (Å²) in [6, 6.07) is 94.0. The van der Waals surface area contributed by atoms with Gasteiger partial charge in [0.1, 0.15) is 0 Å². The highest BCUT2D eigenvalue weighted by Crippen LogP contribution is 2.41. The molecule has 16 rings (SSSR count). The maximum absolute atomic E-state index is 9.45. The monoisotopic (exact) mass is 1070 g/mol. The number of hydrogen-bond acceptors (Lipinski definition) is 0. The standard InChI is InChI=1S/C78H53N3Si/c1-6-22-54(23-7-1)57-38-42-65(43-39-57)82(63-28-12-4-13-29-63,64-30-14-5-15-31-64)66-44-47-77-72(53-66)71-50-58(55-24-8-2-9-25-55)40-46-76(71)79(77)60-41-45-70-69-34-18-21-37-75(69)81(78(70)52-60)62-49-59(56-26-10-3-11-27-56)48-61(51-62)80-73-35-19-16-32-67(73)68-33-17-20-36-74(68)80/h1-53H/i16D,17D,19D,20D,32D,33D,35D,36D. The van der Waals surface area contributed by atoms with Gasteiger partial charge in [0.05, 0.1) is 44.1 Å². The van der Waals surface area contributed by atoms with Gasteiger partial charge < -0.3 is 13.7 Å². The van der Waals surface area contributed by atoms with Gasteiger partial charge in [0.15, 0.2) is 8.07 Å². The largest absolute Gasteiger partial charge is 0.309 e. The van der Waals surface area contributed by atoms with E-state index in [1.807, 2.05) is 54.6 Å². The lowest BCUT2D eigenvalue weighted by Crippen LogP contribution is -2.74. The molecule has 0 fully saturated rings. The molecule has 384 valence electrons. The SMILES string of the molecule is [2H]c1c([2H])c([2H])c2c(c1[2H])c1c([2H])c([2H])c([2H])c([2H])c1n2-c1cc(-c2ccccc2)cc(-n2c3ccccc3c3ccc(-n4c5ccc(-c6ccccc6)cc5c5cc([Si](c6ccccc6)(c6ccccc6)c6ccc(-c7ccccc7)cc6)ccc54)cc32)c1. The molecule has 13 aromatic carbocycles. The van der Waals surface area contributed by atoms with E-state index in [-0.39, 0.29) is 46.0 Å². The lowest BCUT2D eigenvalue weighted by atomic mass is 10.0. The maximum Gasteiger partial charge on any atom is 0.179 e. The van der Waals surface area contributed by atoms with Crippen LogP contribution in [0.15, 0.2) is 321 Å². The number of benzene rings is 13. The molecule has 3 nitrogen and oxygen atoms in total. The first-order valence-electron chi connectivity index (χ1n) is 31.7. The molecule has 4 heteroatoms. The molecule has 3 heterocycles. The van der Waals surface area contributed by atoms with Crippen LogP contribution in [0.25, 0.3) is 116 Å². The summed E-state index contributed by atoms with van der Waals surface area (Å²) >= 11 is 0. The zero-order chi connectivity index (χ0) is 61.1. The minimum absolute atomic E-state index is 0.0241. The summed E-state index contributed by atoms with van der Waals surface area (Å²) in [7, 11) is -3.07. The highest BCUT2D eigenvalue weighted by Gasteiger charge is 2.42. The zero-order valence-corrected chi connectivity index (χ0v) is 45.3. The number of para-hydroxylation sites is 3. The molecule has 0 saturated heterocycles. The van der Waals surface area contributed by atoms with Crippen LogP contribution >= 0.6 is 0 Å². The Kier molecular flexibility index (Phi) is 9.40. The van der Waals surface area contributed by atoms with E-state index in [0.29, 0.717) is 5.69 Å². The van der Waals surface area contributed by atoms with E-state index >= 15 is 0 Å². The first-order valence-corrected chi connectivity index (χ1v) is 29.7. The molecule has 0 atom stereocenters. The van der Waals surface area contributed by atoms with E-state index in [2.05, 4.69) is 228 Å². The van der Waals surface area contributed by atoms with Gasteiger partial charge in [-0.15, -0.1) is 0 Å². The van der Waals surface area contributed by atoms with E-state index in [4.69, 9.17) is 5.48 Å². The van der Waals surface area contributed by atoms with Gasteiger partial charge in [-0.3, -0.25) is 0 Å². The van der Waals surface area contributed by atoms with Crippen LogP contribution in [0.2, 0.25) is 0 Å². The van der Waals surface area contributed by atoms with Crippen LogP contribution in [0.5, 0.6) is 0 Å². The summed E-state index contributed by atoms with van der Waals surface area (Å²) in [4.78, 5) is 0. The van der Waals surface area contributed by atoms with Crippen LogP contribution in [0.4, 0.5) is 0 Å².